The first-order valence-corrected chi connectivity index (χ1v) is 8.96. The van der Waals surface area contributed by atoms with Gasteiger partial charge >= 0.3 is 0 Å². The van der Waals surface area contributed by atoms with Gasteiger partial charge in [-0.1, -0.05) is 51.1 Å². The third kappa shape index (κ3) is 5.64. The molecule has 0 saturated heterocycles. The zero-order chi connectivity index (χ0) is 15.9. The molecule has 0 aliphatic rings. The second kappa shape index (κ2) is 7.76. The van der Waals surface area contributed by atoms with Gasteiger partial charge in [-0.15, -0.1) is 6.58 Å². The highest BCUT2D eigenvalue weighted by Crippen LogP contribution is 2.30. The highest BCUT2D eigenvalue weighted by molar-refractivity contribution is 7.86. The molecule has 0 radical (unpaired) electrons. The van der Waals surface area contributed by atoms with Gasteiger partial charge in [-0.2, -0.15) is 8.42 Å². The lowest BCUT2D eigenvalue weighted by Crippen LogP contribution is -2.18. The Morgan fingerprint density at radius 3 is 2.57 bits per heavy atom. The van der Waals surface area contributed by atoms with Crippen LogP contribution in [0.4, 0.5) is 0 Å². The fourth-order valence-corrected chi connectivity index (χ4v) is 2.99. The summed E-state index contributed by atoms with van der Waals surface area (Å²) in [6.45, 7) is 10.3. The summed E-state index contributed by atoms with van der Waals surface area (Å²) < 4.78 is 27.8. The smallest absolute Gasteiger partial charge is 0.270 e. The van der Waals surface area contributed by atoms with Crippen LogP contribution in [0.1, 0.15) is 44.7 Å². The summed E-state index contributed by atoms with van der Waals surface area (Å²) in [6.07, 6.45) is 3.92. The summed E-state index contributed by atoms with van der Waals surface area (Å²) in [4.78, 5) is 0. The van der Waals surface area contributed by atoms with Crippen molar-refractivity contribution in [2.45, 2.75) is 45.4 Å². The summed E-state index contributed by atoms with van der Waals surface area (Å²) in [5.74, 6) is -0.132. The third-order valence-electron chi connectivity index (χ3n) is 3.81. The first kappa shape index (κ1) is 17.9. The Morgan fingerprint density at radius 1 is 1.29 bits per heavy atom. The molecule has 118 valence electrons. The van der Waals surface area contributed by atoms with E-state index in [-0.39, 0.29) is 17.8 Å². The molecule has 4 heteroatoms. The van der Waals surface area contributed by atoms with Crippen LogP contribution in [-0.2, 0) is 26.1 Å². The fraction of sp³-hybridized carbons (Fsp3) is 0.529. The van der Waals surface area contributed by atoms with Crippen LogP contribution >= 0.6 is 0 Å². The molecule has 0 spiro atoms. The SMILES string of the molecule is C=CCS(=O)(=O)OCCCc1ccccc1C(C)(C)CC. The summed E-state index contributed by atoms with van der Waals surface area (Å²) in [5.41, 5.74) is 2.74. The van der Waals surface area contributed by atoms with Gasteiger partial charge in [0.05, 0.1) is 12.4 Å². The molecule has 0 N–H and O–H groups in total. The number of hydrogen-bond donors (Lipinski definition) is 0. The van der Waals surface area contributed by atoms with Crippen LogP contribution in [0.25, 0.3) is 0 Å². The van der Waals surface area contributed by atoms with Gasteiger partial charge in [0.2, 0.25) is 0 Å². The molecule has 1 rings (SSSR count). The van der Waals surface area contributed by atoms with Gasteiger partial charge in [0.25, 0.3) is 10.1 Å². The van der Waals surface area contributed by atoms with Crippen LogP contribution in [0.15, 0.2) is 36.9 Å². The maximum absolute atomic E-state index is 11.4. The van der Waals surface area contributed by atoms with E-state index in [0.717, 1.165) is 12.8 Å². The Hall–Kier alpha value is -1.13. The Morgan fingerprint density at radius 2 is 1.95 bits per heavy atom. The van der Waals surface area contributed by atoms with Gasteiger partial charge in [0.1, 0.15) is 0 Å². The average Bonchev–Trinajstić information content (AvgIpc) is 2.44. The van der Waals surface area contributed by atoms with Crippen molar-refractivity contribution in [1.29, 1.82) is 0 Å². The van der Waals surface area contributed by atoms with E-state index >= 15 is 0 Å². The summed E-state index contributed by atoms with van der Waals surface area (Å²) in [6, 6.07) is 8.36. The molecular formula is C17H26O3S. The molecule has 0 amide bonds. The molecule has 0 fully saturated rings. The predicted molar refractivity (Wildman–Crippen MR) is 88.0 cm³/mol. The highest BCUT2D eigenvalue weighted by Gasteiger charge is 2.20. The Labute approximate surface area is 129 Å². The molecule has 0 saturated carbocycles. The van der Waals surface area contributed by atoms with Crippen molar-refractivity contribution in [3.8, 4) is 0 Å². The van der Waals surface area contributed by atoms with Crippen molar-refractivity contribution in [2.75, 3.05) is 12.4 Å². The Balaban J connectivity index is 2.63. The molecule has 0 aliphatic heterocycles. The van der Waals surface area contributed by atoms with Gasteiger partial charge in [-0.25, -0.2) is 0 Å². The van der Waals surface area contributed by atoms with E-state index in [1.165, 1.54) is 17.2 Å². The van der Waals surface area contributed by atoms with Crippen molar-refractivity contribution in [2.24, 2.45) is 0 Å². The lowest BCUT2D eigenvalue weighted by atomic mass is 9.79. The average molecular weight is 310 g/mol. The van der Waals surface area contributed by atoms with Crippen molar-refractivity contribution in [1.82, 2.24) is 0 Å². The number of hydrogen-bond acceptors (Lipinski definition) is 3. The largest absolute Gasteiger partial charge is 0.270 e. The zero-order valence-corrected chi connectivity index (χ0v) is 14.1. The van der Waals surface area contributed by atoms with Crippen LogP contribution in [0.3, 0.4) is 0 Å². The normalized spacial score (nSPS) is 12.3. The van der Waals surface area contributed by atoms with Crippen molar-refractivity contribution >= 4 is 10.1 Å². The minimum absolute atomic E-state index is 0.131. The predicted octanol–water partition coefficient (Wildman–Crippen LogP) is 3.84. The summed E-state index contributed by atoms with van der Waals surface area (Å²) in [7, 11) is -3.45. The Kier molecular flexibility index (Phi) is 6.62. The molecule has 3 nitrogen and oxygen atoms in total. The first-order valence-electron chi connectivity index (χ1n) is 7.39. The lowest BCUT2D eigenvalue weighted by molar-refractivity contribution is 0.313. The second-order valence-electron chi connectivity index (χ2n) is 5.83. The van der Waals surface area contributed by atoms with Crippen molar-refractivity contribution in [3.63, 3.8) is 0 Å². The summed E-state index contributed by atoms with van der Waals surface area (Å²) >= 11 is 0. The van der Waals surface area contributed by atoms with E-state index in [9.17, 15) is 8.42 Å². The molecule has 0 atom stereocenters. The van der Waals surface area contributed by atoms with Crippen molar-refractivity contribution < 1.29 is 12.6 Å². The van der Waals surface area contributed by atoms with Crippen LogP contribution in [-0.4, -0.2) is 20.8 Å². The van der Waals surface area contributed by atoms with Gasteiger partial charge in [-0.3, -0.25) is 4.18 Å². The van der Waals surface area contributed by atoms with E-state index in [4.69, 9.17) is 4.18 Å². The Bertz CT molecular complexity index is 559. The lowest BCUT2D eigenvalue weighted by Gasteiger charge is -2.26. The fourth-order valence-electron chi connectivity index (χ4n) is 2.23. The topological polar surface area (TPSA) is 43.4 Å². The van der Waals surface area contributed by atoms with Crippen LogP contribution in [0.2, 0.25) is 0 Å². The van der Waals surface area contributed by atoms with Crippen molar-refractivity contribution in [3.05, 3.63) is 48.0 Å². The molecule has 0 heterocycles. The molecule has 0 aromatic heterocycles. The van der Waals surface area contributed by atoms with E-state index in [1.54, 1.807) is 0 Å². The maximum Gasteiger partial charge on any atom is 0.270 e. The minimum Gasteiger partial charge on any atom is -0.270 e. The van der Waals surface area contributed by atoms with Gasteiger partial charge < -0.3 is 0 Å². The maximum atomic E-state index is 11.4. The van der Waals surface area contributed by atoms with Crippen LogP contribution < -0.4 is 0 Å². The number of benzene rings is 1. The molecule has 1 aromatic rings. The van der Waals surface area contributed by atoms with Crippen LogP contribution in [0, 0.1) is 0 Å². The first-order chi connectivity index (χ1) is 9.82. The number of rotatable bonds is 9. The molecule has 0 aliphatic carbocycles. The van der Waals surface area contributed by atoms with Gasteiger partial charge in [0, 0.05) is 0 Å². The van der Waals surface area contributed by atoms with Gasteiger partial charge in [0.15, 0.2) is 0 Å². The highest BCUT2D eigenvalue weighted by atomic mass is 32.2. The zero-order valence-electron chi connectivity index (χ0n) is 13.3. The molecule has 1 aromatic carbocycles. The second-order valence-corrected chi connectivity index (χ2v) is 7.52. The third-order valence-corrected chi connectivity index (χ3v) is 4.98. The van der Waals surface area contributed by atoms with E-state index in [2.05, 4.69) is 45.5 Å². The summed E-state index contributed by atoms with van der Waals surface area (Å²) in [5, 5.41) is 0. The van der Waals surface area contributed by atoms with E-state index in [0.29, 0.717) is 6.42 Å². The van der Waals surface area contributed by atoms with E-state index in [1.807, 2.05) is 6.07 Å². The van der Waals surface area contributed by atoms with Crippen LogP contribution in [0.5, 0.6) is 0 Å². The minimum atomic E-state index is -3.45. The van der Waals surface area contributed by atoms with E-state index < -0.39 is 10.1 Å². The quantitative estimate of drug-likeness (QED) is 0.395. The van der Waals surface area contributed by atoms with Gasteiger partial charge in [-0.05, 0) is 35.8 Å². The standard InChI is InChI=1S/C17H26O3S/c1-5-14-21(18,19)20-13-9-11-15-10-7-8-12-16(15)17(3,4)6-2/h5,7-8,10,12H,1,6,9,11,13-14H2,2-4H3. The molecule has 0 bridgehead atoms. The molecule has 21 heavy (non-hydrogen) atoms. The number of aryl methyl sites for hydroxylation is 1. The molecule has 0 unspecified atom stereocenters. The monoisotopic (exact) mass is 310 g/mol. The molecular weight excluding hydrogens is 284 g/mol.